The number of nitrogens with one attached hydrogen (secondary N) is 3. The van der Waals surface area contributed by atoms with E-state index in [9.17, 15) is 17.6 Å². The molecule has 0 spiro atoms. The number of H-pyrrole nitrogens is 1. The Kier molecular flexibility index (Phi) is 6.57. The highest BCUT2D eigenvalue weighted by atomic mass is 32.2. The van der Waals surface area contributed by atoms with Gasteiger partial charge in [0.2, 0.25) is 15.9 Å². The van der Waals surface area contributed by atoms with Crippen LogP contribution in [0.5, 0.6) is 0 Å². The number of hydrogen-bond acceptors (Lipinski definition) is 3. The van der Waals surface area contributed by atoms with Crippen molar-refractivity contribution in [2.45, 2.75) is 24.3 Å². The van der Waals surface area contributed by atoms with Crippen LogP contribution in [0.4, 0.5) is 4.39 Å². The van der Waals surface area contributed by atoms with Crippen molar-refractivity contribution in [2.24, 2.45) is 0 Å². The average Bonchev–Trinajstić information content (AvgIpc) is 3.19. The van der Waals surface area contributed by atoms with E-state index in [0.29, 0.717) is 12.0 Å². The largest absolute Gasteiger partial charge is 0.354 e. The average molecular weight is 466 g/mol. The first-order chi connectivity index (χ1) is 15.9. The Bertz CT molecular complexity index is 1400. The highest BCUT2D eigenvalue weighted by molar-refractivity contribution is 7.89. The lowest BCUT2D eigenvalue weighted by molar-refractivity contribution is -0.121. The lowest BCUT2D eigenvalue weighted by Gasteiger charge is -2.09. The monoisotopic (exact) mass is 465 g/mol. The number of hydrogen-bond donors (Lipinski definition) is 3. The van der Waals surface area contributed by atoms with Gasteiger partial charge in [0.1, 0.15) is 5.82 Å². The second kappa shape index (κ2) is 9.56. The molecular formula is C25H24FN3O3S. The van der Waals surface area contributed by atoms with E-state index in [4.69, 9.17) is 0 Å². The smallest absolute Gasteiger partial charge is 0.240 e. The first kappa shape index (κ1) is 22.7. The van der Waals surface area contributed by atoms with E-state index in [1.165, 1.54) is 31.3 Å². The summed E-state index contributed by atoms with van der Waals surface area (Å²) in [6, 6.07) is 20.7. The molecule has 1 heterocycles. The van der Waals surface area contributed by atoms with Crippen LogP contribution in [0, 0.1) is 5.82 Å². The lowest BCUT2D eigenvalue weighted by Crippen LogP contribution is -2.23. The molecule has 0 unspecified atom stereocenters. The maximum atomic E-state index is 13.9. The number of amides is 1. The summed E-state index contributed by atoms with van der Waals surface area (Å²) in [5, 5.41) is 3.59. The molecule has 3 aromatic carbocycles. The molecule has 0 aliphatic heterocycles. The molecule has 0 atom stereocenters. The van der Waals surface area contributed by atoms with Crippen LogP contribution < -0.4 is 10.0 Å². The zero-order valence-corrected chi connectivity index (χ0v) is 18.9. The second-order valence-corrected chi connectivity index (χ2v) is 9.55. The summed E-state index contributed by atoms with van der Waals surface area (Å²) in [6.07, 6.45) is 0.630. The van der Waals surface area contributed by atoms with Crippen LogP contribution in [-0.2, 0) is 27.8 Å². The molecule has 4 aromatic rings. The fourth-order valence-electron chi connectivity index (χ4n) is 3.80. The topological polar surface area (TPSA) is 91.1 Å². The van der Waals surface area contributed by atoms with Crippen LogP contribution >= 0.6 is 0 Å². The number of carbonyl (C=O) groups is 1. The zero-order valence-electron chi connectivity index (χ0n) is 18.1. The molecule has 6 nitrogen and oxygen atoms in total. The van der Waals surface area contributed by atoms with E-state index in [0.717, 1.165) is 27.7 Å². The molecule has 0 saturated heterocycles. The number of sulfonamides is 1. The van der Waals surface area contributed by atoms with Crippen LogP contribution in [-0.4, -0.2) is 26.4 Å². The summed E-state index contributed by atoms with van der Waals surface area (Å²) in [4.78, 5) is 16.1. The fraction of sp³-hybridized carbons (Fsp3) is 0.160. The minimum Gasteiger partial charge on any atom is -0.354 e. The number of carbonyl (C=O) groups excluding carboxylic acids is 1. The number of halogens is 1. The third kappa shape index (κ3) is 5.13. The molecule has 170 valence electrons. The lowest BCUT2D eigenvalue weighted by atomic mass is 10.0. The Morgan fingerprint density at radius 2 is 1.79 bits per heavy atom. The van der Waals surface area contributed by atoms with E-state index < -0.39 is 10.0 Å². The predicted molar refractivity (Wildman–Crippen MR) is 127 cm³/mol. The molecule has 33 heavy (non-hydrogen) atoms. The Morgan fingerprint density at radius 1 is 1.00 bits per heavy atom. The molecule has 0 fully saturated rings. The maximum Gasteiger partial charge on any atom is 0.240 e. The number of aryl methyl sites for hydroxylation is 1. The molecule has 0 aliphatic carbocycles. The Labute approximate surface area is 191 Å². The van der Waals surface area contributed by atoms with Crippen LogP contribution in [0.3, 0.4) is 0 Å². The van der Waals surface area contributed by atoms with Gasteiger partial charge in [-0.2, -0.15) is 0 Å². The molecule has 0 aliphatic rings. The van der Waals surface area contributed by atoms with Crippen molar-refractivity contribution in [1.82, 2.24) is 15.0 Å². The van der Waals surface area contributed by atoms with Gasteiger partial charge in [-0.1, -0.05) is 42.5 Å². The summed E-state index contributed by atoms with van der Waals surface area (Å²) in [5.41, 5.74) is 4.21. The quantitative estimate of drug-likeness (QED) is 0.365. The van der Waals surface area contributed by atoms with E-state index in [1.807, 2.05) is 30.3 Å². The van der Waals surface area contributed by atoms with Gasteiger partial charge in [-0.3, -0.25) is 4.79 Å². The van der Waals surface area contributed by atoms with Gasteiger partial charge in [-0.25, -0.2) is 17.5 Å². The molecular weight excluding hydrogens is 441 g/mol. The Morgan fingerprint density at radius 3 is 2.55 bits per heavy atom. The van der Waals surface area contributed by atoms with Crippen molar-refractivity contribution >= 4 is 26.8 Å². The summed E-state index contributed by atoms with van der Waals surface area (Å²) >= 11 is 0. The molecule has 1 aromatic heterocycles. The van der Waals surface area contributed by atoms with Crippen LogP contribution in [0.2, 0.25) is 0 Å². The van der Waals surface area contributed by atoms with Gasteiger partial charge in [0.15, 0.2) is 0 Å². The SMILES string of the molecule is CNS(=O)(=O)c1cccc(CNC(=O)CCc2c(-c3ccccc3)[nH]c3ccc(F)cc23)c1. The maximum absolute atomic E-state index is 13.9. The Hall–Kier alpha value is -3.49. The van der Waals surface area contributed by atoms with Crippen LogP contribution in [0.25, 0.3) is 22.2 Å². The summed E-state index contributed by atoms with van der Waals surface area (Å²) in [5.74, 6) is -0.509. The van der Waals surface area contributed by atoms with E-state index in [2.05, 4.69) is 15.0 Å². The van der Waals surface area contributed by atoms with Crippen LogP contribution in [0.15, 0.2) is 77.7 Å². The molecule has 0 radical (unpaired) electrons. The van der Waals surface area contributed by atoms with E-state index in [1.54, 1.807) is 18.2 Å². The second-order valence-electron chi connectivity index (χ2n) is 7.67. The normalized spacial score (nSPS) is 11.6. The third-order valence-corrected chi connectivity index (χ3v) is 6.91. The van der Waals surface area contributed by atoms with Crippen molar-refractivity contribution in [3.05, 3.63) is 89.7 Å². The minimum absolute atomic E-state index is 0.144. The number of rotatable bonds is 8. The van der Waals surface area contributed by atoms with Crippen molar-refractivity contribution in [3.63, 3.8) is 0 Å². The zero-order chi connectivity index (χ0) is 23.4. The van der Waals surface area contributed by atoms with Gasteiger partial charge in [-0.05, 0) is 60.5 Å². The third-order valence-electron chi connectivity index (χ3n) is 5.50. The number of benzene rings is 3. The highest BCUT2D eigenvalue weighted by Gasteiger charge is 2.16. The standard InChI is InChI=1S/C25H24FN3O3S/c1-27-33(31,32)20-9-5-6-17(14-20)16-28-24(30)13-11-21-22-15-19(26)10-12-23(22)29-25(21)18-7-3-2-4-8-18/h2-10,12,14-15,27,29H,11,13,16H2,1H3,(H,28,30). The molecule has 8 heteroatoms. The van der Waals surface area contributed by atoms with Gasteiger partial charge in [0.05, 0.1) is 4.90 Å². The van der Waals surface area contributed by atoms with Crippen LogP contribution in [0.1, 0.15) is 17.5 Å². The minimum atomic E-state index is -3.55. The number of aromatic amines is 1. The molecule has 0 saturated carbocycles. The molecule has 0 bridgehead atoms. The van der Waals surface area contributed by atoms with Gasteiger partial charge >= 0.3 is 0 Å². The summed E-state index contributed by atoms with van der Waals surface area (Å²) in [7, 11) is -2.20. The summed E-state index contributed by atoms with van der Waals surface area (Å²) < 4.78 is 40.2. The van der Waals surface area contributed by atoms with Gasteiger partial charge in [0.25, 0.3) is 0 Å². The Balaban J connectivity index is 1.49. The highest BCUT2D eigenvalue weighted by Crippen LogP contribution is 2.31. The van der Waals surface area contributed by atoms with E-state index >= 15 is 0 Å². The van der Waals surface area contributed by atoms with Crippen molar-refractivity contribution in [2.75, 3.05) is 7.05 Å². The first-order valence-corrected chi connectivity index (χ1v) is 12.0. The number of aromatic nitrogens is 1. The van der Waals surface area contributed by atoms with Gasteiger partial charge < -0.3 is 10.3 Å². The molecule has 4 rings (SSSR count). The molecule has 3 N–H and O–H groups in total. The van der Waals surface area contributed by atoms with Gasteiger partial charge in [-0.15, -0.1) is 0 Å². The van der Waals surface area contributed by atoms with Gasteiger partial charge in [0, 0.05) is 29.6 Å². The first-order valence-electron chi connectivity index (χ1n) is 10.5. The van der Waals surface area contributed by atoms with E-state index in [-0.39, 0.29) is 29.6 Å². The number of fused-ring (bicyclic) bond motifs is 1. The molecule has 1 amide bonds. The van der Waals surface area contributed by atoms with Crippen molar-refractivity contribution in [1.29, 1.82) is 0 Å². The van der Waals surface area contributed by atoms with Crippen molar-refractivity contribution < 1.29 is 17.6 Å². The fourth-order valence-corrected chi connectivity index (χ4v) is 4.60. The predicted octanol–water partition coefficient (Wildman–Crippen LogP) is 4.13. The van der Waals surface area contributed by atoms with Crippen molar-refractivity contribution in [3.8, 4) is 11.3 Å². The summed E-state index contributed by atoms with van der Waals surface area (Å²) in [6.45, 7) is 0.208.